The van der Waals surface area contributed by atoms with E-state index in [1.54, 1.807) is 18.2 Å². The lowest BCUT2D eigenvalue weighted by Crippen LogP contribution is -2.44. The summed E-state index contributed by atoms with van der Waals surface area (Å²) in [7, 11) is -1.93. The first-order chi connectivity index (χ1) is 20.2. The summed E-state index contributed by atoms with van der Waals surface area (Å²) in [6.07, 6.45) is 1.74. The van der Waals surface area contributed by atoms with Gasteiger partial charge in [0.05, 0.1) is 32.1 Å². The molecule has 3 aromatic carbocycles. The minimum absolute atomic E-state index is 0.0170. The Balaban J connectivity index is 1.56. The van der Waals surface area contributed by atoms with Crippen LogP contribution in [0.2, 0.25) is 0 Å². The highest BCUT2D eigenvalue weighted by Gasteiger charge is 2.28. The van der Waals surface area contributed by atoms with E-state index < -0.39 is 21.6 Å². The van der Waals surface area contributed by atoms with Crippen molar-refractivity contribution in [2.75, 3.05) is 56.5 Å². The Morgan fingerprint density at radius 3 is 2.48 bits per heavy atom. The first-order valence-electron chi connectivity index (χ1n) is 14.1. The van der Waals surface area contributed by atoms with Crippen molar-refractivity contribution in [3.63, 3.8) is 0 Å². The summed E-state index contributed by atoms with van der Waals surface area (Å²) in [4.78, 5) is 17.2. The van der Waals surface area contributed by atoms with E-state index in [0.717, 1.165) is 63.9 Å². The summed E-state index contributed by atoms with van der Waals surface area (Å²) in [6.45, 7) is 4.98. The zero-order valence-corrected chi connectivity index (χ0v) is 24.2. The number of sulfone groups is 1. The molecule has 2 aliphatic heterocycles. The number of amides is 1. The summed E-state index contributed by atoms with van der Waals surface area (Å²) in [5, 5.41) is 15.3. The quantitative estimate of drug-likeness (QED) is 0.257. The number of piperazine rings is 1. The van der Waals surface area contributed by atoms with Crippen LogP contribution in [0.3, 0.4) is 0 Å². The molecule has 42 heavy (non-hydrogen) atoms. The highest BCUT2D eigenvalue weighted by molar-refractivity contribution is 7.91. The molecule has 0 radical (unpaired) electrons. The Morgan fingerprint density at radius 1 is 1.02 bits per heavy atom. The van der Waals surface area contributed by atoms with E-state index in [4.69, 9.17) is 5.73 Å². The number of benzene rings is 3. The molecule has 0 spiro atoms. The molecule has 1 amide bonds. The summed E-state index contributed by atoms with van der Waals surface area (Å²) in [5.74, 6) is -1.19. The number of nitrogens with one attached hydrogen (secondary N) is 3. The maximum Gasteiger partial charge on any atom is 0.250 e. The van der Waals surface area contributed by atoms with Gasteiger partial charge in [-0.1, -0.05) is 6.07 Å². The molecule has 220 valence electrons. The number of nitrogens with two attached hydrogens (primary N) is 1. The number of carbonyl (C=O) groups excluding carboxylic acids is 1. The van der Waals surface area contributed by atoms with Crippen LogP contribution in [0.5, 0.6) is 0 Å². The van der Waals surface area contributed by atoms with E-state index in [1.165, 1.54) is 24.3 Å². The normalized spacial score (nSPS) is 17.0. The van der Waals surface area contributed by atoms with Gasteiger partial charge in [-0.25, -0.2) is 12.8 Å². The number of likely N-dealkylation sites (N-methyl/N-ethyl adjacent to an activating group) is 1. The highest BCUT2D eigenvalue weighted by Crippen LogP contribution is 2.43. The van der Waals surface area contributed by atoms with Crippen LogP contribution >= 0.6 is 0 Å². The summed E-state index contributed by atoms with van der Waals surface area (Å²) in [6, 6.07) is 13.5. The van der Waals surface area contributed by atoms with Crippen LogP contribution in [0.1, 0.15) is 23.2 Å². The number of nitrogens with zero attached hydrogens (tertiary/aromatic N) is 3. The maximum absolute atomic E-state index is 14.0. The fourth-order valence-electron chi connectivity index (χ4n) is 5.79. The molecule has 12 heteroatoms. The maximum atomic E-state index is 14.0. The zero-order valence-electron chi connectivity index (χ0n) is 23.4. The number of aromatic amines is 1. The largest absolute Gasteiger partial charge is 0.381 e. The Hall–Kier alpha value is -4.00. The van der Waals surface area contributed by atoms with E-state index in [-0.39, 0.29) is 15.8 Å². The molecule has 0 saturated carbocycles. The number of hydrogen-bond donors (Lipinski definition) is 4. The van der Waals surface area contributed by atoms with Crippen molar-refractivity contribution in [3.8, 4) is 11.3 Å². The summed E-state index contributed by atoms with van der Waals surface area (Å²) < 4.78 is 41.0. The molecule has 0 bridgehead atoms. The van der Waals surface area contributed by atoms with Crippen molar-refractivity contribution in [1.82, 2.24) is 20.4 Å². The molecule has 2 aliphatic rings. The predicted molar refractivity (Wildman–Crippen MR) is 161 cm³/mol. The average molecular weight is 592 g/mol. The summed E-state index contributed by atoms with van der Waals surface area (Å²) in [5.41, 5.74) is 9.57. The van der Waals surface area contributed by atoms with Gasteiger partial charge in [0.1, 0.15) is 11.5 Å². The van der Waals surface area contributed by atoms with Gasteiger partial charge in [0.25, 0.3) is 5.91 Å². The van der Waals surface area contributed by atoms with Gasteiger partial charge >= 0.3 is 0 Å². The van der Waals surface area contributed by atoms with Crippen molar-refractivity contribution in [2.24, 2.45) is 5.73 Å². The molecule has 4 aromatic rings. The molecular weight excluding hydrogens is 557 g/mol. The van der Waals surface area contributed by atoms with Crippen molar-refractivity contribution in [1.29, 1.82) is 0 Å². The van der Waals surface area contributed by atoms with Crippen molar-refractivity contribution in [2.45, 2.75) is 28.7 Å². The summed E-state index contributed by atoms with van der Waals surface area (Å²) >= 11 is 0. The molecule has 6 rings (SSSR count). The minimum atomic E-state index is -4.02. The number of hydrogen-bond acceptors (Lipinski definition) is 8. The topological polar surface area (TPSA) is 136 Å². The zero-order chi connectivity index (χ0) is 29.4. The van der Waals surface area contributed by atoms with Crippen LogP contribution < -0.4 is 21.3 Å². The third kappa shape index (κ3) is 5.33. The van der Waals surface area contributed by atoms with Gasteiger partial charge in [-0.3, -0.25) is 9.89 Å². The third-order valence-electron chi connectivity index (χ3n) is 8.17. The Labute approximate surface area is 244 Å². The van der Waals surface area contributed by atoms with Crippen LogP contribution in [-0.4, -0.2) is 81.8 Å². The number of carbonyl (C=O) groups is 1. The van der Waals surface area contributed by atoms with E-state index in [1.807, 2.05) is 6.07 Å². The number of halogens is 1. The van der Waals surface area contributed by atoms with Crippen LogP contribution in [0.25, 0.3) is 22.2 Å². The molecule has 2 fully saturated rings. The molecule has 0 unspecified atom stereocenters. The van der Waals surface area contributed by atoms with Crippen LogP contribution in [0.4, 0.5) is 15.8 Å². The fourth-order valence-corrected chi connectivity index (χ4v) is 7.11. The predicted octanol–water partition coefficient (Wildman–Crippen LogP) is 3.22. The van der Waals surface area contributed by atoms with Gasteiger partial charge in [-0.15, -0.1) is 0 Å². The smallest absolute Gasteiger partial charge is 0.250 e. The number of rotatable bonds is 7. The van der Waals surface area contributed by atoms with Crippen molar-refractivity contribution in [3.05, 3.63) is 66.0 Å². The molecule has 0 aliphatic carbocycles. The monoisotopic (exact) mass is 591 g/mol. The molecule has 3 heterocycles. The number of piperidine rings is 1. The van der Waals surface area contributed by atoms with Gasteiger partial charge in [-0.2, -0.15) is 5.10 Å². The highest BCUT2D eigenvalue weighted by atomic mass is 32.2. The van der Waals surface area contributed by atoms with Gasteiger partial charge in [0.2, 0.25) is 9.84 Å². The molecule has 10 nitrogen and oxygen atoms in total. The van der Waals surface area contributed by atoms with Crippen LogP contribution in [-0.2, 0) is 9.84 Å². The van der Waals surface area contributed by atoms with Gasteiger partial charge in [0, 0.05) is 43.3 Å². The van der Waals surface area contributed by atoms with Gasteiger partial charge < -0.3 is 26.2 Å². The van der Waals surface area contributed by atoms with E-state index in [2.05, 4.69) is 37.7 Å². The number of aromatic nitrogens is 2. The standard InChI is InChI=1S/C30H34FN7O3S/c1-37-13-15-38(16-14-37)26-8-6-23(30(32)39)28(34-20-9-11-33-12-10-20)27(26)29-24-18-22(5-7-25(24)35-36-29)42(40,41)21-4-2-3-19(31)17-21/h2-8,17-18,20,33-34H,9-16H2,1H3,(H2,32,39)(H,35,36). The van der Waals surface area contributed by atoms with Crippen LogP contribution in [0.15, 0.2) is 64.4 Å². The second-order valence-electron chi connectivity index (χ2n) is 10.9. The van der Waals surface area contributed by atoms with Gasteiger partial charge in [0.15, 0.2) is 0 Å². The molecule has 5 N–H and O–H groups in total. The van der Waals surface area contributed by atoms with Crippen molar-refractivity contribution < 1.29 is 17.6 Å². The lowest BCUT2D eigenvalue weighted by atomic mass is 9.96. The lowest BCUT2D eigenvalue weighted by molar-refractivity contribution is 0.100. The second kappa shape index (κ2) is 11.3. The lowest BCUT2D eigenvalue weighted by Gasteiger charge is -2.36. The van der Waals surface area contributed by atoms with E-state index in [9.17, 15) is 17.6 Å². The van der Waals surface area contributed by atoms with Crippen LogP contribution in [0, 0.1) is 5.82 Å². The number of H-pyrrole nitrogens is 1. The first-order valence-corrected chi connectivity index (χ1v) is 15.6. The minimum Gasteiger partial charge on any atom is -0.381 e. The number of primary amides is 1. The number of fused-ring (bicyclic) bond motifs is 1. The SMILES string of the molecule is CN1CCN(c2ccc(C(N)=O)c(NC3CCNCC3)c2-c2n[nH]c3ccc(S(=O)(=O)c4cccc(F)c4)cc23)CC1. The average Bonchev–Trinajstić information content (AvgIpc) is 3.41. The van der Waals surface area contributed by atoms with Crippen molar-refractivity contribution >= 4 is 38.0 Å². The first kappa shape index (κ1) is 28.1. The fraction of sp³-hybridized carbons (Fsp3) is 0.333. The molecule has 1 aromatic heterocycles. The molecule has 0 atom stereocenters. The Bertz CT molecular complexity index is 1740. The third-order valence-corrected chi connectivity index (χ3v) is 9.92. The van der Waals surface area contributed by atoms with E-state index >= 15 is 0 Å². The Morgan fingerprint density at radius 2 is 1.76 bits per heavy atom. The number of anilines is 2. The van der Waals surface area contributed by atoms with Gasteiger partial charge in [-0.05, 0) is 81.5 Å². The van der Waals surface area contributed by atoms with E-state index in [0.29, 0.717) is 33.4 Å². The second-order valence-corrected chi connectivity index (χ2v) is 12.9. The molecule has 2 saturated heterocycles. The Kier molecular flexibility index (Phi) is 7.60. The molecular formula is C30H34FN7O3S.